The summed E-state index contributed by atoms with van der Waals surface area (Å²) in [6.45, 7) is 10.1. The molecule has 0 unspecified atom stereocenters. The van der Waals surface area contributed by atoms with Crippen molar-refractivity contribution in [2.45, 2.75) is 33.7 Å². The average molecular weight is 300 g/mol. The molecule has 0 aromatic carbocycles. The van der Waals surface area contributed by atoms with Crippen molar-refractivity contribution < 1.29 is 9.47 Å². The van der Waals surface area contributed by atoms with Crippen molar-refractivity contribution in [1.82, 2.24) is 4.98 Å². The molecule has 1 aromatic heterocycles. The van der Waals surface area contributed by atoms with Crippen LogP contribution >= 0.6 is 0 Å². The summed E-state index contributed by atoms with van der Waals surface area (Å²) in [6, 6.07) is 6.14. The van der Waals surface area contributed by atoms with Crippen LogP contribution in [0, 0.1) is 17.8 Å². The first-order valence-electron chi connectivity index (χ1n) is 8.07. The monoisotopic (exact) mass is 300 g/mol. The molecule has 2 aliphatic rings. The number of aliphatic imine (C=N–C) groups is 1. The molecule has 0 N–H and O–H groups in total. The lowest BCUT2D eigenvalue weighted by molar-refractivity contribution is 0.243. The van der Waals surface area contributed by atoms with Crippen LogP contribution in [0.5, 0.6) is 0 Å². The Morgan fingerprint density at radius 3 is 2.41 bits per heavy atom. The molecule has 1 aromatic rings. The van der Waals surface area contributed by atoms with Crippen LogP contribution in [-0.4, -0.2) is 30.1 Å². The highest BCUT2D eigenvalue weighted by Gasteiger charge is 2.25. The lowest BCUT2D eigenvalue weighted by Gasteiger charge is -2.08. The van der Waals surface area contributed by atoms with Crippen LogP contribution in [0.15, 0.2) is 29.3 Å². The second-order valence-electron chi connectivity index (χ2n) is 6.71. The van der Waals surface area contributed by atoms with Crippen molar-refractivity contribution in [2.75, 3.05) is 13.2 Å². The van der Waals surface area contributed by atoms with E-state index in [4.69, 9.17) is 9.47 Å². The Bertz CT molecular complexity index is 556. The molecule has 3 rings (SSSR count). The minimum Gasteiger partial charge on any atom is -0.491 e. The molecular formula is C18H24N2O2. The van der Waals surface area contributed by atoms with Crippen molar-refractivity contribution >= 4 is 11.7 Å². The molecule has 4 nitrogen and oxygen atoms in total. The summed E-state index contributed by atoms with van der Waals surface area (Å²) in [4.78, 5) is 9.32. The van der Waals surface area contributed by atoms with Crippen LogP contribution in [0.4, 0.5) is 0 Å². The zero-order valence-corrected chi connectivity index (χ0v) is 13.7. The Kier molecular flexibility index (Phi) is 4.19. The number of aromatic nitrogens is 1. The normalized spacial score (nSPS) is 24.3. The van der Waals surface area contributed by atoms with Gasteiger partial charge in [0.2, 0.25) is 5.90 Å². The van der Waals surface area contributed by atoms with E-state index in [2.05, 4.69) is 43.7 Å². The van der Waals surface area contributed by atoms with Gasteiger partial charge in [-0.25, -0.2) is 9.98 Å². The van der Waals surface area contributed by atoms with Gasteiger partial charge in [0.1, 0.15) is 23.8 Å². The number of nitrogens with zero attached hydrogens (tertiary/aromatic N) is 2. The SMILES string of the molecule is CC(C)[C@@H]1C=C(c2cccc(C3=N[C@@H](C(C)C)CO3)n2)OC1. The second kappa shape index (κ2) is 6.11. The Labute approximate surface area is 132 Å². The predicted octanol–water partition coefficient (Wildman–Crippen LogP) is 3.53. The van der Waals surface area contributed by atoms with Gasteiger partial charge >= 0.3 is 0 Å². The fourth-order valence-corrected chi connectivity index (χ4v) is 2.58. The van der Waals surface area contributed by atoms with E-state index >= 15 is 0 Å². The molecule has 0 amide bonds. The summed E-state index contributed by atoms with van der Waals surface area (Å²) >= 11 is 0. The first kappa shape index (κ1) is 15.1. The van der Waals surface area contributed by atoms with E-state index < -0.39 is 0 Å². The van der Waals surface area contributed by atoms with E-state index in [-0.39, 0.29) is 6.04 Å². The molecule has 118 valence electrons. The molecule has 0 aliphatic carbocycles. The van der Waals surface area contributed by atoms with Crippen molar-refractivity contribution in [3.05, 3.63) is 35.7 Å². The van der Waals surface area contributed by atoms with Gasteiger partial charge in [-0.2, -0.15) is 0 Å². The van der Waals surface area contributed by atoms with Crippen LogP contribution < -0.4 is 0 Å². The third-order valence-corrected chi connectivity index (χ3v) is 4.32. The second-order valence-corrected chi connectivity index (χ2v) is 6.71. The summed E-state index contributed by atoms with van der Waals surface area (Å²) in [5.41, 5.74) is 1.65. The van der Waals surface area contributed by atoms with Gasteiger partial charge in [0.15, 0.2) is 0 Å². The zero-order chi connectivity index (χ0) is 15.7. The first-order chi connectivity index (χ1) is 10.5. The van der Waals surface area contributed by atoms with Crippen LogP contribution in [-0.2, 0) is 9.47 Å². The van der Waals surface area contributed by atoms with Crippen molar-refractivity contribution in [1.29, 1.82) is 0 Å². The number of hydrogen-bond acceptors (Lipinski definition) is 4. The molecule has 2 aliphatic heterocycles. The molecule has 0 fully saturated rings. The largest absolute Gasteiger partial charge is 0.491 e. The lowest BCUT2D eigenvalue weighted by atomic mass is 9.97. The van der Waals surface area contributed by atoms with Crippen LogP contribution in [0.3, 0.4) is 0 Å². The molecule has 4 heteroatoms. The minimum atomic E-state index is 0.229. The lowest BCUT2D eigenvalue weighted by Crippen LogP contribution is -2.13. The van der Waals surface area contributed by atoms with Crippen molar-refractivity contribution in [2.24, 2.45) is 22.7 Å². The first-order valence-corrected chi connectivity index (χ1v) is 8.07. The highest BCUT2D eigenvalue weighted by Crippen LogP contribution is 2.28. The highest BCUT2D eigenvalue weighted by molar-refractivity contribution is 5.93. The summed E-state index contributed by atoms with van der Waals surface area (Å²) in [5.74, 6) is 3.05. The Balaban J connectivity index is 1.82. The molecule has 0 saturated heterocycles. The van der Waals surface area contributed by atoms with E-state index in [0.29, 0.717) is 30.3 Å². The molecule has 3 heterocycles. The summed E-state index contributed by atoms with van der Waals surface area (Å²) in [5, 5.41) is 0. The molecule has 0 radical (unpaired) electrons. The summed E-state index contributed by atoms with van der Waals surface area (Å²) in [7, 11) is 0. The summed E-state index contributed by atoms with van der Waals surface area (Å²) < 4.78 is 11.5. The third-order valence-electron chi connectivity index (χ3n) is 4.32. The van der Waals surface area contributed by atoms with Crippen LogP contribution in [0.25, 0.3) is 5.76 Å². The number of pyridine rings is 1. The molecule has 0 bridgehead atoms. The van der Waals surface area contributed by atoms with Gasteiger partial charge in [0.05, 0.1) is 12.6 Å². The molecule has 22 heavy (non-hydrogen) atoms. The molecule has 0 spiro atoms. The number of hydrogen-bond donors (Lipinski definition) is 0. The predicted molar refractivity (Wildman–Crippen MR) is 87.6 cm³/mol. The Morgan fingerprint density at radius 1 is 1.00 bits per heavy atom. The number of rotatable bonds is 4. The topological polar surface area (TPSA) is 43.7 Å². The maximum absolute atomic E-state index is 5.81. The van der Waals surface area contributed by atoms with E-state index in [1.807, 2.05) is 18.2 Å². The van der Waals surface area contributed by atoms with Gasteiger partial charge in [0, 0.05) is 5.92 Å². The molecular weight excluding hydrogens is 276 g/mol. The quantitative estimate of drug-likeness (QED) is 0.854. The average Bonchev–Trinajstić information content (AvgIpc) is 3.17. The van der Waals surface area contributed by atoms with Gasteiger partial charge in [-0.05, 0) is 30.0 Å². The Hall–Kier alpha value is -1.84. The van der Waals surface area contributed by atoms with E-state index in [1.54, 1.807) is 0 Å². The van der Waals surface area contributed by atoms with Crippen LogP contribution in [0.1, 0.15) is 39.1 Å². The standard InChI is InChI=1S/C18H24N2O2/c1-11(2)13-8-17(21-9-13)14-6-5-7-15(19-14)18-20-16(10-22-18)12(3)4/h5-8,11-13,16H,9-10H2,1-4H3/t13-,16-/m1/s1. The summed E-state index contributed by atoms with van der Waals surface area (Å²) in [6.07, 6.45) is 2.19. The molecule has 0 saturated carbocycles. The number of ether oxygens (including phenoxy) is 2. The van der Waals surface area contributed by atoms with Crippen molar-refractivity contribution in [3.8, 4) is 0 Å². The maximum Gasteiger partial charge on any atom is 0.235 e. The fourth-order valence-electron chi connectivity index (χ4n) is 2.58. The van der Waals surface area contributed by atoms with Gasteiger partial charge in [-0.1, -0.05) is 33.8 Å². The third kappa shape index (κ3) is 3.01. The molecule has 2 atom stereocenters. The van der Waals surface area contributed by atoms with E-state index in [0.717, 1.165) is 23.8 Å². The van der Waals surface area contributed by atoms with E-state index in [1.165, 1.54) is 0 Å². The highest BCUT2D eigenvalue weighted by atomic mass is 16.5. The van der Waals surface area contributed by atoms with Gasteiger partial charge in [-0.3, -0.25) is 0 Å². The zero-order valence-electron chi connectivity index (χ0n) is 13.7. The van der Waals surface area contributed by atoms with Gasteiger partial charge in [-0.15, -0.1) is 0 Å². The Morgan fingerprint density at radius 2 is 1.77 bits per heavy atom. The fraction of sp³-hybridized carbons (Fsp3) is 0.556. The minimum absolute atomic E-state index is 0.229. The van der Waals surface area contributed by atoms with E-state index in [9.17, 15) is 0 Å². The van der Waals surface area contributed by atoms with Gasteiger partial charge < -0.3 is 9.47 Å². The van der Waals surface area contributed by atoms with Crippen LogP contribution in [0.2, 0.25) is 0 Å². The maximum atomic E-state index is 5.81. The van der Waals surface area contributed by atoms with Crippen molar-refractivity contribution in [3.63, 3.8) is 0 Å². The van der Waals surface area contributed by atoms with Gasteiger partial charge in [0.25, 0.3) is 0 Å². The smallest absolute Gasteiger partial charge is 0.235 e.